The van der Waals surface area contributed by atoms with Gasteiger partial charge in [-0.25, -0.2) is 37.7 Å². The second kappa shape index (κ2) is 15.3. The Morgan fingerprint density at radius 1 is 0.782 bits per heavy atom. The van der Waals surface area contributed by atoms with E-state index < -0.39 is 105 Å². The van der Waals surface area contributed by atoms with Gasteiger partial charge >= 0.3 is 30.8 Å². The Hall–Kier alpha value is -3.14. The average molecular weight is 864 g/mol. The van der Waals surface area contributed by atoms with Crippen molar-refractivity contribution in [3.05, 3.63) is 29.3 Å². The van der Waals surface area contributed by atoms with E-state index in [0.717, 1.165) is 17.2 Å². The standard InChI is InChI=1S/C22H32N10O19P4/c1-45-55(44,47-3-9-13(34)14(35)20(49-9)31-5-27-10-16(23)25-4-26-17(10)31)51-53(40,41)7-52(38,39)50-54(42,43)46-2-8-12(33)15(36)21(48-8)32-6-28-11-18(32)29-22(24)30-19(11)37/h4-6,8-9,12-15,20-21,33-36H,2-3,7H2,1H3,(H,38,39)(H,40,41)(H,42,43)(H2,23,25,26)(H3,24,29,30,37). The summed E-state index contributed by atoms with van der Waals surface area (Å²) in [6.07, 6.45) is -9.61. The maximum absolute atomic E-state index is 13.1. The van der Waals surface area contributed by atoms with Gasteiger partial charge in [0.05, 0.1) is 25.9 Å². The molecular formula is C22H32N10O19P4. The molecule has 4 aromatic rings. The molecule has 0 bridgehead atoms. The summed E-state index contributed by atoms with van der Waals surface area (Å²) in [6.45, 7) is -2.02. The normalized spacial score (nSPS) is 30.3. The van der Waals surface area contributed by atoms with Crippen LogP contribution in [-0.4, -0.2) is 137 Å². The molecule has 12 unspecified atom stereocenters. The predicted molar refractivity (Wildman–Crippen MR) is 177 cm³/mol. The maximum atomic E-state index is 13.1. The smallest absolute Gasteiger partial charge is 0.387 e. The highest BCUT2D eigenvalue weighted by atomic mass is 31.3. The summed E-state index contributed by atoms with van der Waals surface area (Å²) in [5.41, 5.74) is 10.5. The van der Waals surface area contributed by atoms with Crippen molar-refractivity contribution < 1.29 is 85.0 Å². The van der Waals surface area contributed by atoms with Gasteiger partial charge in [-0.1, -0.05) is 0 Å². The van der Waals surface area contributed by atoms with Gasteiger partial charge in [0.2, 0.25) is 5.95 Å². The van der Waals surface area contributed by atoms with Crippen LogP contribution in [0.3, 0.4) is 0 Å². The fourth-order valence-corrected chi connectivity index (χ4v) is 12.5. The Bertz CT molecular complexity index is 2330. The zero-order valence-electron chi connectivity index (χ0n) is 27.6. The van der Waals surface area contributed by atoms with Gasteiger partial charge < -0.3 is 56.0 Å². The van der Waals surface area contributed by atoms with Crippen LogP contribution in [-0.2, 0) is 49.9 Å². The number of fused-ring (bicyclic) bond motifs is 2. The minimum Gasteiger partial charge on any atom is -0.387 e. The molecule has 12 atom stereocenters. The van der Waals surface area contributed by atoms with E-state index in [4.69, 9.17) is 25.5 Å². The van der Waals surface area contributed by atoms with Crippen molar-refractivity contribution >= 4 is 64.9 Å². The van der Waals surface area contributed by atoms with E-state index in [1.54, 1.807) is 0 Å². The molecule has 4 aromatic heterocycles. The second-order valence-electron chi connectivity index (χ2n) is 11.7. The average Bonchev–Trinajstić information content (AvgIpc) is 3.83. The summed E-state index contributed by atoms with van der Waals surface area (Å²) in [5, 5.41) is 42.2. The number of nitrogens with zero attached hydrogens (tertiary/aromatic N) is 7. The van der Waals surface area contributed by atoms with E-state index in [-0.39, 0.29) is 34.1 Å². The van der Waals surface area contributed by atoms with Crippen LogP contribution >= 0.6 is 30.8 Å². The number of aliphatic hydroxyl groups is 4. The molecule has 33 heteroatoms. The summed E-state index contributed by atoms with van der Waals surface area (Å²) < 4.78 is 87.3. The van der Waals surface area contributed by atoms with Crippen molar-refractivity contribution in [2.45, 2.75) is 49.1 Å². The van der Waals surface area contributed by atoms with Crippen LogP contribution in [0.15, 0.2) is 23.8 Å². The number of aliphatic hydroxyl groups excluding tert-OH is 4. The number of nitrogens with one attached hydrogen (secondary N) is 1. The molecule has 304 valence electrons. The minimum atomic E-state index is -5.68. The molecule has 55 heavy (non-hydrogen) atoms. The highest BCUT2D eigenvalue weighted by molar-refractivity contribution is 7.76. The monoisotopic (exact) mass is 864 g/mol. The number of nitrogens with two attached hydrogens (primary N) is 2. The molecule has 0 aromatic carbocycles. The van der Waals surface area contributed by atoms with Crippen molar-refractivity contribution in [1.29, 1.82) is 0 Å². The van der Waals surface area contributed by atoms with Crippen LogP contribution in [0.2, 0.25) is 0 Å². The molecule has 6 heterocycles. The summed E-state index contributed by atoms with van der Waals surface area (Å²) >= 11 is 0. The van der Waals surface area contributed by atoms with E-state index >= 15 is 0 Å². The first-order valence-corrected chi connectivity index (χ1v) is 21.6. The lowest BCUT2D eigenvalue weighted by Crippen LogP contribution is -2.33. The fourth-order valence-electron chi connectivity index (χ4n) is 5.44. The lowest BCUT2D eigenvalue weighted by atomic mass is 10.1. The van der Waals surface area contributed by atoms with Gasteiger partial charge in [0.25, 0.3) is 5.56 Å². The minimum absolute atomic E-state index is 0.00935. The van der Waals surface area contributed by atoms with Crippen molar-refractivity contribution in [3.8, 4) is 0 Å². The van der Waals surface area contributed by atoms with Crippen LogP contribution in [0.1, 0.15) is 12.5 Å². The summed E-state index contributed by atoms with van der Waals surface area (Å²) in [6, 6.07) is 0. The topological polar surface area (TPSA) is 434 Å². The van der Waals surface area contributed by atoms with Gasteiger partial charge in [-0.15, -0.1) is 0 Å². The molecule has 0 radical (unpaired) electrons. The Labute approximate surface area is 305 Å². The lowest BCUT2D eigenvalue weighted by Gasteiger charge is -2.23. The molecule has 29 nitrogen and oxygen atoms in total. The number of rotatable bonds is 15. The number of H-pyrrole nitrogens is 1. The number of hydrogen-bond donors (Lipinski definition) is 10. The highest BCUT2D eigenvalue weighted by Crippen LogP contribution is 2.71. The number of aromatic amines is 1. The highest BCUT2D eigenvalue weighted by Gasteiger charge is 2.50. The largest absolute Gasteiger partial charge is 0.481 e. The molecule has 6 rings (SSSR count). The van der Waals surface area contributed by atoms with E-state index in [9.17, 15) is 58.2 Å². The predicted octanol–water partition coefficient (Wildman–Crippen LogP) is -2.39. The molecule has 2 aliphatic rings. The molecule has 0 spiro atoms. The molecular weight excluding hydrogens is 832 g/mol. The van der Waals surface area contributed by atoms with Gasteiger partial charge in [-0.3, -0.25) is 41.6 Å². The number of anilines is 2. The number of imidazole rings is 2. The lowest BCUT2D eigenvalue weighted by molar-refractivity contribution is -0.0506. The second-order valence-corrected chi connectivity index (χ2v) is 19.4. The van der Waals surface area contributed by atoms with Crippen LogP contribution in [0.25, 0.3) is 22.3 Å². The van der Waals surface area contributed by atoms with E-state index in [1.165, 1.54) is 10.9 Å². The van der Waals surface area contributed by atoms with Crippen LogP contribution in [0.5, 0.6) is 0 Å². The molecule has 0 saturated carbocycles. The van der Waals surface area contributed by atoms with E-state index in [1.807, 2.05) is 0 Å². The van der Waals surface area contributed by atoms with Crippen molar-refractivity contribution in [2.75, 3.05) is 37.7 Å². The van der Waals surface area contributed by atoms with Crippen LogP contribution in [0.4, 0.5) is 11.8 Å². The molecule has 0 amide bonds. The van der Waals surface area contributed by atoms with Gasteiger partial charge in [-0.05, 0) is 0 Å². The number of phosphoric acid groups is 2. The quantitative estimate of drug-likeness (QED) is 0.0557. The number of nitrogen functional groups attached to an aromatic ring is 2. The van der Waals surface area contributed by atoms with Crippen molar-refractivity contribution in [1.82, 2.24) is 39.0 Å². The summed E-state index contributed by atoms with van der Waals surface area (Å²) in [7, 11) is -21.4. The molecule has 2 saturated heterocycles. The van der Waals surface area contributed by atoms with Crippen LogP contribution in [0, 0.1) is 0 Å². The van der Waals surface area contributed by atoms with Crippen molar-refractivity contribution in [3.63, 3.8) is 0 Å². The SMILES string of the molecule is COP(=O)(OCC1OC(n2cnc3c(N)ncnc32)C(O)C1O)OP(=O)(O)CP(=O)(O)OP(=O)(O)OCC1OC(n2cnc3c(=O)[nH]c(N)nc32)C(O)C1O. The zero-order chi connectivity index (χ0) is 40.2. The number of aromatic nitrogens is 8. The number of ether oxygens (including phenoxy) is 2. The third kappa shape index (κ3) is 8.74. The van der Waals surface area contributed by atoms with E-state index in [2.05, 4.69) is 47.6 Å². The first-order chi connectivity index (χ1) is 25.6. The number of phosphoric ester groups is 2. The third-order valence-electron chi connectivity index (χ3n) is 7.90. The Balaban J connectivity index is 1.03. The summed E-state index contributed by atoms with van der Waals surface area (Å²) in [4.78, 5) is 64.4. The Morgan fingerprint density at radius 2 is 1.33 bits per heavy atom. The van der Waals surface area contributed by atoms with Crippen molar-refractivity contribution in [2.24, 2.45) is 0 Å². The van der Waals surface area contributed by atoms with Gasteiger partial charge in [0, 0.05) is 7.11 Å². The molecule has 2 aliphatic heterocycles. The first kappa shape index (κ1) is 41.5. The summed E-state index contributed by atoms with van der Waals surface area (Å²) in [5.74, 6) is -2.29. The van der Waals surface area contributed by atoms with Gasteiger partial charge in [0.15, 0.2) is 41.0 Å². The Morgan fingerprint density at radius 3 is 1.93 bits per heavy atom. The molecule has 0 aliphatic carbocycles. The van der Waals surface area contributed by atoms with E-state index in [0.29, 0.717) is 7.11 Å². The van der Waals surface area contributed by atoms with Crippen LogP contribution < -0.4 is 17.0 Å². The van der Waals surface area contributed by atoms with Gasteiger partial charge in [0.1, 0.15) is 48.5 Å². The fraction of sp³-hybridized carbons (Fsp3) is 0.545. The maximum Gasteiger partial charge on any atom is 0.481 e. The zero-order valence-corrected chi connectivity index (χ0v) is 31.2. The third-order valence-corrected chi connectivity index (χ3v) is 15.8. The van der Waals surface area contributed by atoms with Gasteiger partial charge in [-0.2, -0.15) is 4.98 Å². The Kier molecular flexibility index (Phi) is 11.6. The first-order valence-electron chi connectivity index (χ1n) is 15.2. The number of hydrogen-bond acceptors (Lipinski definition) is 23. The molecule has 12 N–H and O–H groups in total. The molecule has 2 fully saturated rings.